The predicted octanol–water partition coefficient (Wildman–Crippen LogP) is 5.57. The minimum absolute atomic E-state index is 0. The number of rotatable bonds is 9. The summed E-state index contributed by atoms with van der Waals surface area (Å²) < 4.78 is 12.9. The van der Waals surface area contributed by atoms with E-state index in [2.05, 4.69) is 69.9 Å². The number of benzene rings is 2. The van der Waals surface area contributed by atoms with E-state index in [4.69, 9.17) is 20.6 Å². The number of hydrogen-bond donors (Lipinski definition) is 1. The maximum atomic E-state index is 6.13. The van der Waals surface area contributed by atoms with Crippen LogP contribution in [-0.2, 0) is 4.28 Å². The van der Waals surface area contributed by atoms with Gasteiger partial charge in [-0.3, -0.25) is 14.7 Å². The highest BCUT2D eigenvalue weighted by Gasteiger charge is 2.17. The van der Waals surface area contributed by atoms with Crippen molar-refractivity contribution in [2.45, 2.75) is 6.42 Å². The number of nitrogens with one attached hydrogen (secondary N) is 1. The summed E-state index contributed by atoms with van der Waals surface area (Å²) in [5.74, 6) is 0.733. The van der Waals surface area contributed by atoms with E-state index in [1.807, 2.05) is 23.5 Å². The quantitative estimate of drug-likeness (QED) is 0.257. The molecular weight excluding hydrogens is 500 g/mol. The van der Waals surface area contributed by atoms with Crippen molar-refractivity contribution < 1.29 is 9.02 Å². The molecule has 1 N–H and O–H groups in total. The Morgan fingerprint density at radius 2 is 1.83 bits per heavy atom. The van der Waals surface area contributed by atoms with E-state index in [-0.39, 0.29) is 13.5 Å². The Hall–Kier alpha value is -2.23. The lowest BCUT2D eigenvalue weighted by molar-refractivity contribution is 0.274. The lowest BCUT2D eigenvalue weighted by atomic mass is 10.2. The Labute approximate surface area is 224 Å². The summed E-state index contributed by atoms with van der Waals surface area (Å²) in [7, 11) is 3.54. The molecule has 35 heavy (non-hydrogen) atoms. The molecule has 0 aromatic heterocycles. The third-order valence-electron chi connectivity index (χ3n) is 5.87. The lowest BCUT2D eigenvalue weighted by Crippen LogP contribution is -2.46. The molecule has 1 aliphatic carbocycles. The van der Waals surface area contributed by atoms with E-state index < -0.39 is 0 Å². The normalized spacial score (nSPS) is 16.0. The van der Waals surface area contributed by atoms with Crippen LogP contribution in [0, 0.1) is 0 Å². The van der Waals surface area contributed by atoms with Crippen molar-refractivity contribution in [2.24, 2.45) is 0 Å². The Morgan fingerprint density at radius 3 is 2.57 bits per heavy atom. The predicted molar refractivity (Wildman–Crippen MR) is 154 cm³/mol. The average molecular weight is 533 g/mol. The second-order valence-corrected chi connectivity index (χ2v) is 9.51. The standard InChI is InChI=1S/C26H31ClN4O2S.H2S/c1-29(25-19-22(27)12-14-26(25)32-2)34-33-28-23-8-6-7-21(11-13-23)20-30-15-17-31(18-16-30)24-9-4-3-5-10-24;/h3-7,9-14,19,28H,8,15-18,20H2,1-2H3;1H2. The zero-order chi connectivity index (χ0) is 23.8. The van der Waals surface area contributed by atoms with E-state index >= 15 is 0 Å². The van der Waals surface area contributed by atoms with Crippen LogP contribution in [0.15, 0.2) is 84.1 Å². The number of para-hydroxylation sites is 1. The smallest absolute Gasteiger partial charge is 0.143 e. The number of nitrogens with zero attached hydrogens (tertiary/aromatic N) is 3. The monoisotopic (exact) mass is 532 g/mol. The number of allylic oxidation sites excluding steroid dienone is 3. The Morgan fingerprint density at radius 1 is 1.06 bits per heavy atom. The van der Waals surface area contributed by atoms with E-state index in [0.29, 0.717) is 5.02 Å². The molecule has 0 unspecified atom stereocenters. The zero-order valence-electron chi connectivity index (χ0n) is 20.1. The number of halogens is 1. The van der Waals surface area contributed by atoms with Crippen LogP contribution in [0.4, 0.5) is 11.4 Å². The number of anilines is 2. The van der Waals surface area contributed by atoms with Gasteiger partial charge in [-0.1, -0.05) is 48.0 Å². The molecule has 2 aliphatic rings. The molecule has 188 valence electrons. The summed E-state index contributed by atoms with van der Waals surface area (Å²) >= 11 is 7.31. The molecule has 6 nitrogen and oxygen atoms in total. The number of ether oxygens (including phenoxy) is 1. The topological polar surface area (TPSA) is 40.2 Å². The van der Waals surface area contributed by atoms with Crippen LogP contribution in [0.25, 0.3) is 0 Å². The fourth-order valence-corrected chi connectivity index (χ4v) is 4.63. The van der Waals surface area contributed by atoms with Crippen molar-refractivity contribution in [1.82, 2.24) is 10.4 Å². The van der Waals surface area contributed by atoms with Crippen LogP contribution in [-0.4, -0.2) is 51.8 Å². The molecule has 4 rings (SSSR count). The molecule has 0 radical (unpaired) electrons. The number of piperazine rings is 1. The van der Waals surface area contributed by atoms with Crippen molar-refractivity contribution in [1.29, 1.82) is 0 Å². The molecule has 0 spiro atoms. The van der Waals surface area contributed by atoms with Gasteiger partial charge in [0, 0.05) is 62.6 Å². The summed E-state index contributed by atoms with van der Waals surface area (Å²) in [4.78, 5) is 4.97. The van der Waals surface area contributed by atoms with Gasteiger partial charge in [-0.15, -0.1) is 0 Å². The maximum absolute atomic E-state index is 6.13. The largest absolute Gasteiger partial charge is 0.495 e. The van der Waals surface area contributed by atoms with Gasteiger partial charge in [-0.2, -0.15) is 17.8 Å². The molecule has 0 amide bonds. The van der Waals surface area contributed by atoms with Gasteiger partial charge >= 0.3 is 0 Å². The molecular formula is C26H33ClN4O2S2. The van der Waals surface area contributed by atoms with E-state index in [0.717, 1.165) is 56.3 Å². The first-order valence-corrected chi connectivity index (χ1v) is 12.5. The minimum Gasteiger partial charge on any atom is -0.495 e. The lowest BCUT2D eigenvalue weighted by Gasteiger charge is -2.36. The number of methoxy groups -OCH3 is 1. The second-order valence-electron chi connectivity index (χ2n) is 8.21. The first-order chi connectivity index (χ1) is 16.6. The van der Waals surface area contributed by atoms with Crippen molar-refractivity contribution in [3.05, 3.63) is 89.1 Å². The second kappa shape index (κ2) is 13.8. The van der Waals surface area contributed by atoms with Gasteiger partial charge in [0.05, 0.1) is 12.8 Å². The molecule has 1 saturated heterocycles. The highest BCUT2D eigenvalue weighted by atomic mass is 35.5. The van der Waals surface area contributed by atoms with E-state index in [9.17, 15) is 0 Å². The van der Waals surface area contributed by atoms with Crippen LogP contribution in [0.5, 0.6) is 5.75 Å². The summed E-state index contributed by atoms with van der Waals surface area (Å²) in [6.07, 6.45) is 9.44. The van der Waals surface area contributed by atoms with Gasteiger partial charge < -0.3 is 9.64 Å². The maximum Gasteiger partial charge on any atom is 0.143 e. The Kier molecular flexibility index (Phi) is 10.7. The van der Waals surface area contributed by atoms with Crippen LogP contribution < -0.4 is 19.4 Å². The van der Waals surface area contributed by atoms with E-state index in [1.54, 1.807) is 13.2 Å². The van der Waals surface area contributed by atoms with Gasteiger partial charge in [0.25, 0.3) is 0 Å². The molecule has 0 atom stereocenters. The molecule has 2 aromatic rings. The van der Waals surface area contributed by atoms with Gasteiger partial charge in [0.1, 0.15) is 18.0 Å². The fraction of sp³-hybridized carbons (Fsp3) is 0.308. The summed E-state index contributed by atoms with van der Waals surface area (Å²) in [5.41, 5.74) is 7.51. The van der Waals surface area contributed by atoms with Crippen molar-refractivity contribution in [3.8, 4) is 5.75 Å². The van der Waals surface area contributed by atoms with Crippen LogP contribution in [0.2, 0.25) is 5.02 Å². The van der Waals surface area contributed by atoms with Gasteiger partial charge in [-0.25, -0.2) is 0 Å². The average Bonchev–Trinajstić information content (AvgIpc) is 3.10. The first-order valence-electron chi connectivity index (χ1n) is 11.4. The third-order valence-corrected chi connectivity index (χ3v) is 6.68. The minimum atomic E-state index is 0. The van der Waals surface area contributed by atoms with Gasteiger partial charge in [-0.05, 0) is 42.0 Å². The molecule has 0 bridgehead atoms. The molecule has 1 heterocycles. The van der Waals surface area contributed by atoms with Gasteiger partial charge in [0.2, 0.25) is 0 Å². The molecule has 0 saturated carbocycles. The molecule has 2 aromatic carbocycles. The summed E-state index contributed by atoms with van der Waals surface area (Å²) in [5, 5.41) is 0.645. The first kappa shape index (κ1) is 27.4. The Bertz CT molecular complexity index is 1040. The van der Waals surface area contributed by atoms with Gasteiger partial charge in [0.15, 0.2) is 0 Å². The summed E-state index contributed by atoms with van der Waals surface area (Å²) in [6, 6.07) is 16.2. The fourth-order valence-electron chi connectivity index (χ4n) is 3.99. The molecule has 1 aliphatic heterocycles. The zero-order valence-corrected chi connectivity index (χ0v) is 22.7. The highest BCUT2D eigenvalue weighted by Crippen LogP contribution is 2.33. The van der Waals surface area contributed by atoms with Crippen molar-refractivity contribution >= 4 is 48.7 Å². The Balaban J connectivity index is 0.00000342. The highest BCUT2D eigenvalue weighted by molar-refractivity contribution is 7.96. The SMILES string of the molecule is COc1ccc(Cl)cc1N(C)SONC1=CC=C(CN2CCN(c3ccccc3)CC2)C=CC1.S. The number of hydroxylamine groups is 1. The summed E-state index contributed by atoms with van der Waals surface area (Å²) in [6.45, 7) is 5.19. The van der Waals surface area contributed by atoms with Crippen molar-refractivity contribution in [2.75, 3.05) is 56.1 Å². The van der Waals surface area contributed by atoms with Crippen LogP contribution >= 0.6 is 37.3 Å². The van der Waals surface area contributed by atoms with Crippen LogP contribution in [0.1, 0.15) is 6.42 Å². The molecule has 1 fully saturated rings. The van der Waals surface area contributed by atoms with E-state index in [1.165, 1.54) is 23.5 Å². The van der Waals surface area contributed by atoms with Crippen molar-refractivity contribution in [3.63, 3.8) is 0 Å². The molecule has 9 heteroatoms. The third kappa shape index (κ3) is 7.88. The van der Waals surface area contributed by atoms with Crippen LogP contribution in [0.3, 0.4) is 0 Å². The number of hydrogen-bond acceptors (Lipinski definition) is 7.